The maximum Gasteiger partial charge on any atom is 0.256 e. The number of hydrogen-bond acceptors (Lipinski definition) is 2. The van der Waals surface area contributed by atoms with E-state index in [4.69, 9.17) is 9.47 Å². The van der Waals surface area contributed by atoms with Gasteiger partial charge in [0.05, 0.1) is 26.2 Å². The highest BCUT2D eigenvalue weighted by atomic mass is 127. The summed E-state index contributed by atoms with van der Waals surface area (Å²) in [6.07, 6.45) is 24.5. The second kappa shape index (κ2) is 21.1. The lowest BCUT2D eigenvalue weighted by molar-refractivity contribution is -0.678. The standard InChI is InChI=1S/C24H46N2O2.HI/c1-4-5-6-7-8-9-10-11-12-13-14-15-16-17-20-28-22-23(27-3)21-24-25-18-19-26(24)2;/h18-19,23H,4-17,20-22H2,1-3H3;1H. The Balaban J connectivity index is 0.00000784. The fourth-order valence-corrected chi connectivity index (χ4v) is 3.68. The lowest BCUT2D eigenvalue weighted by atomic mass is 10.0. The molecule has 1 aromatic heterocycles. The summed E-state index contributed by atoms with van der Waals surface area (Å²) in [6, 6.07) is 0. The Kier molecular flexibility index (Phi) is 21.0. The smallest absolute Gasteiger partial charge is 0.256 e. The van der Waals surface area contributed by atoms with E-state index in [2.05, 4.69) is 16.5 Å². The Morgan fingerprint density at radius 2 is 1.38 bits per heavy atom. The highest BCUT2D eigenvalue weighted by Crippen LogP contribution is 2.13. The number of unbranched alkanes of at least 4 members (excludes halogenated alkanes) is 13. The van der Waals surface area contributed by atoms with Gasteiger partial charge in [-0.1, -0.05) is 90.4 Å². The Hall–Kier alpha value is -0.140. The van der Waals surface area contributed by atoms with Crippen LogP contribution in [0.25, 0.3) is 0 Å². The molecule has 0 aromatic carbocycles. The Labute approximate surface area is 197 Å². The van der Waals surface area contributed by atoms with Crippen LogP contribution in [0.5, 0.6) is 0 Å². The van der Waals surface area contributed by atoms with E-state index in [0.717, 1.165) is 13.0 Å². The maximum absolute atomic E-state index is 5.83. The molecule has 1 heterocycles. The molecule has 0 radical (unpaired) electrons. The molecule has 1 unspecified atom stereocenters. The van der Waals surface area contributed by atoms with Crippen LogP contribution >= 0.6 is 0 Å². The van der Waals surface area contributed by atoms with Crippen LogP contribution in [0.4, 0.5) is 0 Å². The topological polar surface area (TPSA) is 38.1 Å². The van der Waals surface area contributed by atoms with Crippen molar-refractivity contribution in [2.45, 2.75) is 109 Å². The first kappa shape index (κ1) is 28.9. The van der Waals surface area contributed by atoms with Crippen LogP contribution in [0.2, 0.25) is 0 Å². The van der Waals surface area contributed by atoms with Crippen molar-refractivity contribution in [3.63, 3.8) is 0 Å². The molecule has 0 bridgehead atoms. The fraction of sp³-hybridized carbons (Fsp3) is 0.875. The second-order valence-electron chi connectivity index (χ2n) is 8.25. The third-order valence-electron chi connectivity index (χ3n) is 5.67. The minimum atomic E-state index is 0. The first-order chi connectivity index (χ1) is 13.8. The van der Waals surface area contributed by atoms with E-state index in [-0.39, 0.29) is 30.1 Å². The van der Waals surface area contributed by atoms with Gasteiger partial charge >= 0.3 is 0 Å². The number of rotatable bonds is 20. The van der Waals surface area contributed by atoms with Crippen LogP contribution in [0.1, 0.15) is 103 Å². The van der Waals surface area contributed by atoms with E-state index >= 15 is 0 Å². The fourth-order valence-electron chi connectivity index (χ4n) is 3.68. The van der Waals surface area contributed by atoms with Crippen LogP contribution < -0.4 is 28.5 Å². The zero-order valence-electron chi connectivity index (χ0n) is 19.4. The number of methoxy groups -OCH3 is 1. The van der Waals surface area contributed by atoms with Gasteiger partial charge in [0.15, 0.2) is 0 Å². The molecule has 4 nitrogen and oxygen atoms in total. The zero-order valence-corrected chi connectivity index (χ0v) is 21.6. The summed E-state index contributed by atoms with van der Waals surface area (Å²) >= 11 is 0. The SMILES string of the molecule is CCCCCCCCCCCCCCCCOCC(Cc1[nH]cc[n+]1C)OC.[I-]. The van der Waals surface area contributed by atoms with Crippen LogP contribution in [-0.4, -0.2) is 31.4 Å². The van der Waals surface area contributed by atoms with Gasteiger partial charge in [-0.05, 0) is 6.42 Å². The van der Waals surface area contributed by atoms with Crippen LogP contribution in [0, 0.1) is 0 Å². The number of nitrogens with one attached hydrogen (secondary N) is 1. The summed E-state index contributed by atoms with van der Waals surface area (Å²) in [5, 5.41) is 0. The number of imidazole rings is 1. The number of aromatic amines is 1. The molecule has 1 aromatic rings. The summed E-state index contributed by atoms with van der Waals surface area (Å²) in [7, 11) is 3.82. The monoisotopic (exact) mass is 522 g/mol. The molecular formula is C24H47IN2O2. The second-order valence-corrected chi connectivity index (χ2v) is 8.25. The molecule has 5 heteroatoms. The van der Waals surface area contributed by atoms with Gasteiger partial charge in [0.2, 0.25) is 0 Å². The average Bonchev–Trinajstić information content (AvgIpc) is 3.11. The predicted octanol–water partition coefficient (Wildman–Crippen LogP) is 2.90. The zero-order chi connectivity index (χ0) is 20.3. The lowest BCUT2D eigenvalue weighted by Gasteiger charge is -2.13. The van der Waals surface area contributed by atoms with E-state index in [1.165, 1.54) is 95.7 Å². The van der Waals surface area contributed by atoms with E-state index in [0.29, 0.717) is 6.61 Å². The minimum Gasteiger partial charge on any atom is -1.00 e. The third kappa shape index (κ3) is 16.3. The lowest BCUT2D eigenvalue weighted by Crippen LogP contribution is -3.00. The number of halogens is 1. The van der Waals surface area contributed by atoms with Gasteiger partial charge in [0, 0.05) is 13.7 Å². The number of H-pyrrole nitrogens is 1. The molecule has 0 aliphatic rings. The molecule has 0 saturated carbocycles. The summed E-state index contributed by atoms with van der Waals surface area (Å²) in [5.41, 5.74) is 0. The minimum absolute atomic E-state index is 0. The maximum atomic E-state index is 5.83. The molecule has 0 amide bonds. The summed E-state index contributed by atoms with van der Waals surface area (Å²) in [5.74, 6) is 1.17. The van der Waals surface area contributed by atoms with Crippen molar-refractivity contribution in [2.75, 3.05) is 20.3 Å². The Morgan fingerprint density at radius 1 is 0.862 bits per heavy atom. The molecule has 29 heavy (non-hydrogen) atoms. The van der Waals surface area contributed by atoms with Crippen molar-refractivity contribution >= 4 is 0 Å². The number of aromatic nitrogens is 2. The molecule has 172 valence electrons. The van der Waals surface area contributed by atoms with Crippen molar-refractivity contribution in [1.29, 1.82) is 0 Å². The van der Waals surface area contributed by atoms with Gasteiger partial charge in [0.1, 0.15) is 12.4 Å². The van der Waals surface area contributed by atoms with Crippen molar-refractivity contribution < 1.29 is 38.0 Å². The summed E-state index contributed by atoms with van der Waals surface area (Å²) in [4.78, 5) is 3.25. The first-order valence-corrected chi connectivity index (χ1v) is 11.9. The molecule has 0 spiro atoms. The molecule has 0 aliphatic heterocycles. The number of hydrogen-bond donors (Lipinski definition) is 1. The molecule has 1 atom stereocenters. The van der Waals surface area contributed by atoms with E-state index in [1.807, 2.05) is 19.4 Å². The molecule has 0 fully saturated rings. The largest absolute Gasteiger partial charge is 1.00 e. The summed E-state index contributed by atoms with van der Waals surface area (Å²) < 4.78 is 13.5. The molecule has 1 N–H and O–H groups in total. The van der Waals surface area contributed by atoms with Crippen molar-refractivity contribution in [3.05, 3.63) is 18.2 Å². The Morgan fingerprint density at radius 3 is 1.83 bits per heavy atom. The van der Waals surface area contributed by atoms with Crippen LogP contribution in [0.15, 0.2) is 12.4 Å². The van der Waals surface area contributed by atoms with Gasteiger partial charge < -0.3 is 33.5 Å². The third-order valence-corrected chi connectivity index (χ3v) is 5.67. The Bertz CT molecular complexity index is 454. The van der Waals surface area contributed by atoms with E-state index in [1.54, 1.807) is 7.11 Å². The molecule has 1 rings (SSSR count). The van der Waals surface area contributed by atoms with Crippen molar-refractivity contribution in [2.24, 2.45) is 7.05 Å². The van der Waals surface area contributed by atoms with E-state index in [9.17, 15) is 0 Å². The van der Waals surface area contributed by atoms with Crippen molar-refractivity contribution in [3.8, 4) is 0 Å². The van der Waals surface area contributed by atoms with E-state index < -0.39 is 0 Å². The predicted molar refractivity (Wildman–Crippen MR) is 118 cm³/mol. The quantitative estimate of drug-likeness (QED) is 0.163. The highest BCUT2D eigenvalue weighted by Gasteiger charge is 2.15. The van der Waals surface area contributed by atoms with Gasteiger partial charge in [0.25, 0.3) is 5.82 Å². The average molecular weight is 523 g/mol. The number of ether oxygens (including phenoxy) is 2. The van der Waals surface area contributed by atoms with Gasteiger partial charge in [-0.15, -0.1) is 0 Å². The molecule has 0 aliphatic carbocycles. The van der Waals surface area contributed by atoms with Gasteiger partial charge in [-0.3, -0.25) is 0 Å². The molecular weight excluding hydrogens is 475 g/mol. The number of aryl methyl sites for hydroxylation is 1. The van der Waals surface area contributed by atoms with Crippen LogP contribution in [-0.2, 0) is 22.9 Å². The number of nitrogens with zero attached hydrogens (tertiary/aromatic N) is 1. The highest BCUT2D eigenvalue weighted by molar-refractivity contribution is 4.81. The first-order valence-electron chi connectivity index (χ1n) is 11.9. The molecule has 0 saturated heterocycles. The van der Waals surface area contributed by atoms with Crippen molar-refractivity contribution in [1.82, 2.24) is 4.98 Å². The summed E-state index contributed by atoms with van der Waals surface area (Å²) in [6.45, 7) is 3.82. The van der Waals surface area contributed by atoms with Crippen LogP contribution in [0.3, 0.4) is 0 Å². The normalized spacial score (nSPS) is 12.1. The van der Waals surface area contributed by atoms with Gasteiger partial charge in [-0.25, -0.2) is 9.55 Å². The van der Waals surface area contributed by atoms with Gasteiger partial charge in [-0.2, -0.15) is 0 Å².